The molecule has 0 radical (unpaired) electrons. The number of ether oxygens (including phenoxy) is 2. The molecule has 0 saturated carbocycles. The second-order valence-electron chi connectivity index (χ2n) is 4.76. The lowest BCUT2D eigenvalue weighted by molar-refractivity contribution is -0.121. The molecule has 0 atom stereocenters. The van der Waals surface area contributed by atoms with Gasteiger partial charge in [-0.3, -0.25) is 4.79 Å². The standard InChI is InChI=1S/C16H25NO3/c1-4-13(5-2)12-17-16(18)10-11-20-15-8-6-14(19-3)7-9-15/h6-9,13H,4-5,10-12H2,1-3H3,(H,17,18). The van der Waals surface area contributed by atoms with E-state index >= 15 is 0 Å². The maximum absolute atomic E-state index is 11.7. The molecule has 0 aliphatic heterocycles. The number of benzene rings is 1. The van der Waals surface area contributed by atoms with Crippen molar-refractivity contribution < 1.29 is 14.3 Å². The van der Waals surface area contributed by atoms with Crippen LogP contribution in [0.5, 0.6) is 11.5 Å². The number of carbonyl (C=O) groups is 1. The van der Waals surface area contributed by atoms with E-state index in [-0.39, 0.29) is 5.91 Å². The van der Waals surface area contributed by atoms with Crippen LogP contribution in [0.25, 0.3) is 0 Å². The van der Waals surface area contributed by atoms with Crippen LogP contribution in [0.2, 0.25) is 0 Å². The van der Waals surface area contributed by atoms with E-state index in [1.807, 2.05) is 24.3 Å². The van der Waals surface area contributed by atoms with Crippen LogP contribution in [-0.2, 0) is 4.79 Å². The minimum absolute atomic E-state index is 0.0467. The molecule has 0 unspecified atom stereocenters. The van der Waals surface area contributed by atoms with Gasteiger partial charge in [0, 0.05) is 6.54 Å². The zero-order valence-corrected chi connectivity index (χ0v) is 12.6. The normalized spacial score (nSPS) is 10.4. The van der Waals surface area contributed by atoms with Crippen LogP contribution < -0.4 is 14.8 Å². The second-order valence-corrected chi connectivity index (χ2v) is 4.76. The summed E-state index contributed by atoms with van der Waals surface area (Å²) in [5.74, 6) is 2.16. The van der Waals surface area contributed by atoms with Crippen LogP contribution in [0.3, 0.4) is 0 Å². The fourth-order valence-corrected chi connectivity index (χ4v) is 1.86. The summed E-state index contributed by atoms with van der Waals surface area (Å²) >= 11 is 0. The van der Waals surface area contributed by atoms with Crippen LogP contribution in [0.1, 0.15) is 33.1 Å². The van der Waals surface area contributed by atoms with Gasteiger partial charge in [-0.15, -0.1) is 0 Å². The molecule has 0 aliphatic carbocycles. The molecule has 0 saturated heterocycles. The molecule has 0 aromatic heterocycles. The largest absolute Gasteiger partial charge is 0.497 e. The molecule has 1 N–H and O–H groups in total. The van der Waals surface area contributed by atoms with Crippen LogP contribution in [-0.4, -0.2) is 26.2 Å². The predicted octanol–water partition coefficient (Wildman–Crippen LogP) is 3.02. The monoisotopic (exact) mass is 279 g/mol. The van der Waals surface area contributed by atoms with Gasteiger partial charge in [-0.25, -0.2) is 0 Å². The van der Waals surface area contributed by atoms with E-state index in [9.17, 15) is 4.79 Å². The van der Waals surface area contributed by atoms with Crippen LogP contribution in [0, 0.1) is 5.92 Å². The Morgan fingerprint density at radius 3 is 2.30 bits per heavy atom. The zero-order chi connectivity index (χ0) is 14.8. The van der Waals surface area contributed by atoms with Crippen molar-refractivity contribution in [1.82, 2.24) is 5.32 Å². The van der Waals surface area contributed by atoms with Gasteiger partial charge in [0.05, 0.1) is 20.1 Å². The van der Waals surface area contributed by atoms with Crippen molar-refractivity contribution in [1.29, 1.82) is 0 Å². The molecule has 112 valence electrons. The fraction of sp³-hybridized carbons (Fsp3) is 0.562. The maximum atomic E-state index is 11.7. The van der Waals surface area contributed by atoms with E-state index in [1.54, 1.807) is 7.11 Å². The van der Waals surface area contributed by atoms with Gasteiger partial charge in [0.15, 0.2) is 0 Å². The Morgan fingerprint density at radius 1 is 1.15 bits per heavy atom. The highest BCUT2D eigenvalue weighted by atomic mass is 16.5. The van der Waals surface area contributed by atoms with Crippen molar-refractivity contribution in [2.45, 2.75) is 33.1 Å². The SMILES string of the molecule is CCC(CC)CNC(=O)CCOc1ccc(OC)cc1. The summed E-state index contributed by atoms with van der Waals surface area (Å²) in [5.41, 5.74) is 0. The summed E-state index contributed by atoms with van der Waals surface area (Å²) in [5, 5.41) is 2.95. The number of hydrogen-bond acceptors (Lipinski definition) is 3. The molecule has 0 aliphatic rings. The highest BCUT2D eigenvalue weighted by Gasteiger charge is 2.06. The van der Waals surface area contributed by atoms with Crippen molar-refractivity contribution in [2.24, 2.45) is 5.92 Å². The summed E-state index contributed by atoms with van der Waals surface area (Å²) in [7, 11) is 1.63. The predicted molar refractivity (Wildman–Crippen MR) is 80.2 cm³/mol. The van der Waals surface area contributed by atoms with Crippen LogP contribution >= 0.6 is 0 Å². The average molecular weight is 279 g/mol. The summed E-state index contributed by atoms with van der Waals surface area (Å²) in [6.07, 6.45) is 2.57. The van der Waals surface area contributed by atoms with Gasteiger partial charge in [0.2, 0.25) is 5.91 Å². The van der Waals surface area contributed by atoms with E-state index in [0.29, 0.717) is 18.9 Å². The van der Waals surface area contributed by atoms with Gasteiger partial charge in [-0.1, -0.05) is 26.7 Å². The number of hydrogen-bond donors (Lipinski definition) is 1. The molecule has 4 nitrogen and oxygen atoms in total. The summed E-state index contributed by atoms with van der Waals surface area (Å²) < 4.78 is 10.6. The van der Waals surface area contributed by atoms with Crippen molar-refractivity contribution in [3.05, 3.63) is 24.3 Å². The Bertz CT molecular complexity index is 385. The van der Waals surface area contributed by atoms with Crippen molar-refractivity contribution >= 4 is 5.91 Å². The number of methoxy groups -OCH3 is 1. The van der Waals surface area contributed by atoms with E-state index in [4.69, 9.17) is 9.47 Å². The molecule has 1 aromatic rings. The Hall–Kier alpha value is -1.71. The third-order valence-corrected chi connectivity index (χ3v) is 3.40. The topological polar surface area (TPSA) is 47.6 Å². The molecule has 1 amide bonds. The first kappa shape index (κ1) is 16.3. The second kappa shape index (κ2) is 9.23. The van der Waals surface area contributed by atoms with Gasteiger partial charge in [-0.05, 0) is 30.2 Å². The number of nitrogens with one attached hydrogen (secondary N) is 1. The Morgan fingerprint density at radius 2 is 1.75 bits per heavy atom. The molecule has 0 fully saturated rings. The van der Waals surface area contributed by atoms with E-state index < -0.39 is 0 Å². The van der Waals surface area contributed by atoms with Gasteiger partial charge in [0.1, 0.15) is 11.5 Å². The van der Waals surface area contributed by atoms with E-state index in [1.165, 1.54) is 0 Å². The zero-order valence-electron chi connectivity index (χ0n) is 12.6. The lowest BCUT2D eigenvalue weighted by Gasteiger charge is -2.13. The summed E-state index contributed by atoms with van der Waals surface area (Å²) in [4.78, 5) is 11.7. The molecule has 1 rings (SSSR count). The molecule has 20 heavy (non-hydrogen) atoms. The molecular weight excluding hydrogens is 254 g/mol. The molecule has 0 heterocycles. The van der Waals surface area contributed by atoms with Crippen LogP contribution in [0.15, 0.2) is 24.3 Å². The van der Waals surface area contributed by atoms with Crippen molar-refractivity contribution in [3.63, 3.8) is 0 Å². The maximum Gasteiger partial charge on any atom is 0.223 e. The Balaban J connectivity index is 2.20. The van der Waals surface area contributed by atoms with Crippen molar-refractivity contribution in [2.75, 3.05) is 20.3 Å². The van der Waals surface area contributed by atoms with Gasteiger partial charge in [0.25, 0.3) is 0 Å². The summed E-state index contributed by atoms with van der Waals surface area (Å²) in [6.45, 7) is 5.44. The van der Waals surface area contributed by atoms with Crippen LogP contribution in [0.4, 0.5) is 0 Å². The fourth-order valence-electron chi connectivity index (χ4n) is 1.86. The quantitative estimate of drug-likeness (QED) is 0.756. The number of carbonyl (C=O) groups excluding carboxylic acids is 1. The first-order chi connectivity index (χ1) is 9.69. The van der Waals surface area contributed by atoms with E-state index in [0.717, 1.165) is 30.9 Å². The summed E-state index contributed by atoms with van der Waals surface area (Å²) in [6, 6.07) is 7.34. The first-order valence-corrected chi connectivity index (χ1v) is 7.23. The lowest BCUT2D eigenvalue weighted by Crippen LogP contribution is -2.29. The Kier molecular flexibility index (Phi) is 7.55. The number of amides is 1. The lowest BCUT2D eigenvalue weighted by atomic mass is 10.0. The molecule has 1 aromatic carbocycles. The van der Waals surface area contributed by atoms with Gasteiger partial charge >= 0.3 is 0 Å². The van der Waals surface area contributed by atoms with Gasteiger partial charge in [-0.2, -0.15) is 0 Å². The minimum atomic E-state index is 0.0467. The number of rotatable bonds is 9. The molecule has 0 bridgehead atoms. The highest BCUT2D eigenvalue weighted by Crippen LogP contribution is 2.17. The van der Waals surface area contributed by atoms with Crippen molar-refractivity contribution in [3.8, 4) is 11.5 Å². The Labute approximate surface area is 121 Å². The smallest absolute Gasteiger partial charge is 0.223 e. The van der Waals surface area contributed by atoms with E-state index in [2.05, 4.69) is 19.2 Å². The molecule has 0 spiro atoms. The average Bonchev–Trinajstić information content (AvgIpc) is 2.49. The highest BCUT2D eigenvalue weighted by molar-refractivity contribution is 5.75. The third-order valence-electron chi connectivity index (χ3n) is 3.40. The molecule has 4 heteroatoms. The first-order valence-electron chi connectivity index (χ1n) is 7.23. The minimum Gasteiger partial charge on any atom is -0.497 e. The van der Waals surface area contributed by atoms with Gasteiger partial charge < -0.3 is 14.8 Å². The molecular formula is C16H25NO3. The third kappa shape index (κ3) is 5.95.